The van der Waals surface area contributed by atoms with Crippen molar-refractivity contribution >= 4 is 6.09 Å². The van der Waals surface area contributed by atoms with Crippen LogP contribution in [0.1, 0.15) is 46.5 Å². The van der Waals surface area contributed by atoms with Gasteiger partial charge in [-0.1, -0.05) is 12.8 Å². The molecule has 1 unspecified atom stereocenters. The van der Waals surface area contributed by atoms with Crippen molar-refractivity contribution in [3.05, 3.63) is 0 Å². The van der Waals surface area contributed by atoms with Crippen LogP contribution in [0.5, 0.6) is 0 Å². The summed E-state index contributed by atoms with van der Waals surface area (Å²) in [5.74, 6) is 2.91. The van der Waals surface area contributed by atoms with Gasteiger partial charge in [-0.05, 0) is 33.6 Å². The number of carbonyl (C=O) groups is 1. The van der Waals surface area contributed by atoms with Gasteiger partial charge in [0.05, 0.1) is 0 Å². The van der Waals surface area contributed by atoms with Gasteiger partial charge in [-0.25, -0.2) is 4.79 Å². The lowest BCUT2D eigenvalue weighted by molar-refractivity contribution is 0.0481. The Labute approximate surface area is 97.9 Å². The standard InChI is InChI=1S/C13H21NO2/c1-5-10-8-6-7-9-11(10)14-12(15)16-13(2,3)4/h1,10-11H,6-9H2,2-4H3,(H,14,15)/t10?,11-/m0/s1. The molecule has 3 nitrogen and oxygen atoms in total. The fraction of sp³-hybridized carbons (Fsp3) is 0.769. The molecule has 0 bridgehead atoms. The van der Waals surface area contributed by atoms with Crippen LogP contribution >= 0.6 is 0 Å². The zero-order valence-corrected chi connectivity index (χ0v) is 10.4. The van der Waals surface area contributed by atoms with E-state index >= 15 is 0 Å². The molecule has 0 radical (unpaired) electrons. The summed E-state index contributed by atoms with van der Waals surface area (Å²) >= 11 is 0. The average molecular weight is 223 g/mol. The highest BCUT2D eigenvalue weighted by molar-refractivity contribution is 5.68. The Balaban J connectivity index is 2.46. The molecule has 0 heterocycles. The number of amides is 1. The first-order chi connectivity index (χ1) is 7.42. The maximum atomic E-state index is 11.6. The molecule has 1 N–H and O–H groups in total. The molecule has 1 aliphatic carbocycles. The first-order valence-corrected chi connectivity index (χ1v) is 5.88. The molecule has 1 rings (SSSR count). The molecule has 0 aliphatic heterocycles. The van der Waals surface area contributed by atoms with E-state index in [4.69, 9.17) is 11.2 Å². The Hall–Kier alpha value is -1.17. The molecular weight excluding hydrogens is 202 g/mol. The van der Waals surface area contributed by atoms with E-state index in [-0.39, 0.29) is 18.1 Å². The molecule has 16 heavy (non-hydrogen) atoms. The van der Waals surface area contributed by atoms with Gasteiger partial charge in [0.15, 0.2) is 0 Å². The number of ether oxygens (including phenoxy) is 1. The number of terminal acetylenes is 1. The summed E-state index contributed by atoms with van der Waals surface area (Å²) in [6.45, 7) is 5.56. The van der Waals surface area contributed by atoms with Gasteiger partial charge in [0.1, 0.15) is 5.60 Å². The number of rotatable bonds is 1. The zero-order chi connectivity index (χ0) is 12.2. The third-order valence-electron chi connectivity index (χ3n) is 2.68. The Morgan fingerprint density at radius 3 is 2.56 bits per heavy atom. The molecular formula is C13H21NO2. The monoisotopic (exact) mass is 223 g/mol. The highest BCUT2D eigenvalue weighted by Crippen LogP contribution is 2.24. The van der Waals surface area contributed by atoms with Crippen molar-refractivity contribution in [1.29, 1.82) is 0 Å². The van der Waals surface area contributed by atoms with E-state index in [9.17, 15) is 4.79 Å². The Morgan fingerprint density at radius 1 is 1.38 bits per heavy atom. The van der Waals surface area contributed by atoms with Crippen LogP contribution in [0.3, 0.4) is 0 Å². The van der Waals surface area contributed by atoms with Crippen LogP contribution in [0.25, 0.3) is 0 Å². The lowest BCUT2D eigenvalue weighted by atomic mass is 9.85. The third-order valence-corrected chi connectivity index (χ3v) is 2.68. The van der Waals surface area contributed by atoms with E-state index in [1.807, 2.05) is 20.8 Å². The second-order valence-corrected chi connectivity index (χ2v) is 5.31. The smallest absolute Gasteiger partial charge is 0.407 e. The second kappa shape index (κ2) is 5.25. The zero-order valence-electron chi connectivity index (χ0n) is 10.4. The van der Waals surface area contributed by atoms with Crippen molar-refractivity contribution < 1.29 is 9.53 Å². The Morgan fingerprint density at radius 2 is 2.00 bits per heavy atom. The van der Waals surface area contributed by atoms with E-state index in [1.165, 1.54) is 0 Å². The summed E-state index contributed by atoms with van der Waals surface area (Å²) in [6.07, 6.45) is 9.32. The predicted octanol–water partition coefficient (Wildman–Crippen LogP) is 2.70. The van der Waals surface area contributed by atoms with E-state index in [1.54, 1.807) is 0 Å². The van der Waals surface area contributed by atoms with Crippen molar-refractivity contribution in [2.75, 3.05) is 0 Å². The molecule has 3 heteroatoms. The fourth-order valence-electron chi connectivity index (χ4n) is 1.96. The van der Waals surface area contributed by atoms with Crippen LogP contribution in [0.4, 0.5) is 4.79 Å². The topological polar surface area (TPSA) is 38.3 Å². The van der Waals surface area contributed by atoms with E-state index < -0.39 is 5.60 Å². The largest absolute Gasteiger partial charge is 0.444 e. The summed E-state index contributed by atoms with van der Waals surface area (Å²) < 4.78 is 5.21. The number of hydrogen-bond acceptors (Lipinski definition) is 2. The van der Waals surface area contributed by atoms with Crippen molar-refractivity contribution in [2.45, 2.75) is 58.1 Å². The molecule has 0 spiro atoms. The van der Waals surface area contributed by atoms with Crippen LogP contribution in [0.2, 0.25) is 0 Å². The lowest BCUT2D eigenvalue weighted by Crippen LogP contribution is -2.44. The number of nitrogens with one attached hydrogen (secondary N) is 1. The van der Waals surface area contributed by atoms with Gasteiger partial charge in [0, 0.05) is 12.0 Å². The van der Waals surface area contributed by atoms with Gasteiger partial charge in [0.25, 0.3) is 0 Å². The van der Waals surface area contributed by atoms with Gasteiger partial charge in [-0.15, -0.1) is 12.3 Å². The van der Waals surface area contributed by atoms with Gasteiger partial charge >= 0.3 is 6.09 Å². The third kappa shape index (κ3) is 4.14. The Bertz CT molecular complexity index is 285. The summed E-state index contributed by atoms with van der Waals surface area (Å²) in [5, 5.41) is 2.87. The molecule has 1 aliphatic rings. The van der Waals surface area contributed by atoms with Gasteiger partial charge in [-0.2, -0.15) is 0 Å². The van der Waals surface area contributed by atoms with Crippen LogP contribution in [-0.4, -0.2) is 17.7 Å². The van der Waals surface area contributed by atoms with Crippen molar-refractivity contribution in [1.82, 2.24) is 5.32 Å². The van der Waals surface area contributed by atoms with Crippen LogP contribution < -0.4 is 5.32 Å². The van der Waals surface area contributed by atoms with Crippen molar-refractivity contribution in [2.24, 2.45) is 5.92 Å². The van der Waals surface area contributed by atoms with Crippen molar-refractivity contribution in [3.63, 3.8) is 0 Å². The number of alkyl carbamates (subject to hydrolysis) is 1. The summed E-state index contributed by atoms with van der Waals surface area (Å²) in [4.78, 5) is 11.6. The van der Waals surface area contributed by atoms with Crippen LogP contribution in [0.15, 0.2) is 0 Å². The molecule has 2 atom stereocenters. The molecule has 0 saturated heterocycles. The molecule has 1 fully saturated rings. The quantitative estimate of drug-likeness (QED) is 0.694. The van der Waals surface area contributed by atoms with Gasteiger partial charge in [0.2, 0.25) is 0 Å². The lowest BCUT2D eigenvalue weighted by Gasteiger charge is -2.29. The normalized spacial score (nSPS) is 25.6. The SMILES string of the molecule is C#CC1CCCC[C@@H]1NC(=O)OC(C)(C)C. The molecule has 1 saturated carbocycles. The highest BCUT2D eigenvalue weighted by atomic mass is 16.6. The second-order valence-electron chi connectivity index (χ2n) is 5.31. The highest BCUT2D eigenvalue weighted by Gasteiger charge is 2.26. The minimum Gasteiger partial charge on any atom is -0.444 e. The molecule has 0 aromatic carbocycles. The van der Waals surface area contributed by atoms with Crippen LogP contribution in [0, 0.1) is 18.3 Å². The van der Waals surface area contributed by atoms with E-state index in [2.05, 4.69) is 11.2 Å². The van der Waals surface area contributed by atoms with Crippen LogP contribution in [-0.2, 0) is 4.74 Å². The minimum absolute atomic E-state index is 0.0774. The first kappa shape index (κ1) is 12.9. The van der Waals surface area contributed by atoms with Crippen molar-refractivity contribution in [3.8, 4) is 12.3 Å². The maximum absolute atomic E-state index is 11.6. The van der Waals surface area contributed by atoms with Gasteiger partial charge < -0.3 is 10.1 Å². The number of carbonyl (C=O) groups excluding carboxylic acids is 1. The molecule has 90 valence electrons. The maximum Gasteiger partial charge on any atom is 0.407 e. The van der Waals surface area contributed by atoms with E-state index in [0.717, 1.165) is 25.7 Å². The average Bonchev–Trinajstić information content (AvgIpc) is 2.15. The first-order valence-electron chi connectivity index (χ1n) is 5.88. The summed E-state index contributed by atoms with van der Waals surface area (Å²) in [6, 6.07) is 0.0774. The molecule has 0 aromatic heterocycles. The molecule has 1 amide bonds. The summed E-state index contributed by atoms with van der Waals surface area (Å²) in [5.41, 5.74) is -0.454. The molecule has 0 aromatic rings. The van der Waals surface area contributed by atoms with Gasteiger partial charge in [-0.3, -0.25) is 0 Å². The van der Waals surface area contributed by atoms with E-state index in [0.29, 0.717) is 0 Å². The predicted molar refractivity (Wildman–Crippen MR) is 63.9 cm³/mol. The Kier molecular flexibility index (Phi) is 4.23. The number of hydrogen-bond donors (Lipinski definition) is 1. The minimum atomic E-state index is -0.454. The fourth-order valence-corrected chi connectivity index (χ4v) is 1.96. The summed E-state index contributed by atoms with van der Waals surface area (Å²) in [7, 11) is 0.